The summed E-state index contributed by atoms with van der Waals surface area (Å²) in [5.74, 6) is 0.457. The number of ketones is 1. The monoisotopic (exact) mass is 213 g/mol. The number of hydrogen-bond donors (Lipinski definition) is 0. The van der Waals surface area contributed by atoms with Gasteiger partial charge in [-0.1, -0.05) is 27.7 Å². The van der Waals surface area contributed by atoms with E-state index in [0.29, 0.717) is 6.42 Å². The van der Waals surface area contributed by atoms with E-state index in [2.05, 4.69) is 0 Å². The van der Waals surface area contributed by atoms with E-state index in [4.69, 9.17) is 0 Å². The molecule has 1 rings (SSSR count). The number of carbonyl (C=O) groups is 2. The fourth-order valence-electron chi connectivity index (χ4n) is 2.01. The summed E-state index contributed by atoms with van der Waals surface area (Å²) >= 11 is 0. The zero-order chi connectivity index (χ0) is 12.0. The Morgan fingerprint density at radius 3 is 2.13 bits per heavy atom. The molecule has 0 spiro atoms. The fourth-order valence-corrected chi connectivity index (χ4v) is 2.01. The zero-order valence-electron chi connectivity index (χ0n) is 10.5. The molecule has 1 aliphatic rings. The lowest BCUT2D eigenvalue weighted by atomic mass is 9.99. The van der Waals surface area contributed by atoms with Gasteiger partial charge in [-0.05, 0) is 19.3 Å². The maximum atomic E-state index is 11.4. The Balaban J connectivity index is 0.000000921. The van der Waals surface area contributed by atoms with Crippen molar-refractivity contribution in [2.45, 2.75) is 53.5 Å². The molecule has 3 nitrogen and oxygen atoms in total. The molecule has 1 heterocycles. The highest BCUT2D eigenvalue weighted by Gasteiger charge is 2.32. The standard InChI is InChI=1S/C10H17NO2.C2H6/c1-7(2)10(8(3)12)11-6-4-5-9(11)13;1-2/h7,10H,4-6H2,1-3H3;1-2H3. The van der Waals surface area contributed by atoms with Gasteiger partial charge in [0.1, 0.15) is 0 Å². The molecule has 0 aromatic heterocycles. The molecule has 1 unspecified atom stereocenters. The van der Waals surface area contributed by atoms with E-state index in [1.807, 2.05) is 27.7 Å². The summed E-state index contributed by atoms with van der Waals surface area (Å²) in [5, 5.41) is 0. The Kier molecular flexibility index (Phi) is 6.21. The highest BCUT2D eigenvalue weighted by Crippen LogP contribution is 2.19. The van der Waals surface area contributed by atoms with Gasteiger partial charge in [0.15, 0.2) is 5.78 Å². The number of likely N-dealkylation sites (tertiary alicyclic amines) is 1. The van der Waals surface area contributed by atoms with Gasteiger partial charge in [-0.25, -0.2) is 0 Å². The lowest BCUT2D eigenvalue weighted by molar-refractivity contribution is -0.137. The van der Waals surface area contributed by atoms with Gasteiger partial charge in [0.05, 0.1) is 6.04 Å². The van der Waals surface area contributed by atoms with Crippen LogP contribution in [-0.4, -0.2) is 29.2 Å². The lowest BCUT2D eigenvalue weighted by Gasteiger charge is -2.28. The van der Waals surface area contributed by atoms with Crippen LogP contribution in [0.5, 0.6) is 0 Å². The van der Waals surface area contributed by atoms with Crippen LogP contribution in [0.25, 0.3) is 0 Å². The first kappa shape index (κ1) is 14.1. The molecular formula is C12H23NO2. The van der Waals surface area contributed by atoms with Gasteiger partial charge in [0.25, 0.3) is 0 Å². The summed E-state index contributed by atoms with van der Waals surface area (Å²) in [5.41, 5.74) is 0. The predicted molar refractivity (Wildman–Crippen MR) is 61.6 cm³/mol. The Morgan fingerprint density at radius 2 is 1.87 bits per heavy atom. The Labute approximate surface area is 92.8 Å². The first-order valence-electron chi connectivity index (χ1n) is 5.84. The smallest absolute Gasteiger partial charge is 0.223 e. The van der Waals surface area contributed by atoms with Crippen molar-refractivity contribution in [1.29, 1.82) is 0 Å². The largest absolute Gasteiger partial charge is 0.332 e. The lowest BCUT2D eigenvalue weighted by Crippen LogP contribution is -2.44. The van der Waals surface area contributed by atoms with Crippen LogP contribution < -0.4 is 0 Å². The SMILES string of the molecule is CC.CC(=O)C(C(C)C)N1CCCC1=O. The van der Waals surface area contributed by atoms with E-state index in [9.17, 15) is 9.59 Å². The minimum Gasteiger partial charge on any atom is -0.332 e. The van der Waals surface area contributed by atoms with Crippen molar-refractivity contribution in [3.63, 3.8) is 0 Å². The molecule has 1 atom stereocenters. The van der Waals surface area contributed by atoms with Crippen molar-refractivity contribution in [2.24, 2.45) is 5.92 Å². The van der Waals surface area contributed by atoms with Gasteiger partial charge in [-0.15, -0.1) is 0 Å². The molecule has 0 aromatic carbocycles. The van der Waals surface area contributed by atoms with Crippen LogP contribution in [0.2, 0.25) is 0 Å². The topological polar surface area (TPSA) is 37.4 Å². The van der Waals surface area contributed by atoms with Gasteiger partial charge >= 0.3 is 0 Å². The second-order valence-electron chi connectivity index (χ2n) is 3.99. The molecule has 88 valence electrons. The molecule has 1 aliphatic heterocycles. The van der Waals surface area contributed by atoms with Gasteiger partial charge in [0.2, 0.25) is 5.91 Å². The Hall–Kier alpha value is -0.860. The highest BCUT2D eigenvalue weighted by molar-refractivity contribution is 5.88. The van der Waals surface area contributed by atoms with Gasteiger partial charge in [0, 0.05) is 13.0 Å². The molecule has 0 radical (unpaired) electrons. The molecule has 1 amide bonds. The summed E-state index contributed by atoms with van der Waals surface area (Å²) in [4.78, 5) is 24.5. The van der Waals surface area contributed by atoms with Crippen molar-refractivity contribution < 1.29 is 9.59 Å². The van der Waals surface area contributed by atoms with Crippen LogP contribution in [0.4, 0.5) is 0 Å². The average Bonchev–Trinajstić information content (AvgIpc) is 2.55. The van der Waals surface area contributed by atoms with E-state index in [1.165, 1.54) is 0 Å². The number of hydrogen-bond acceptors (Lipinski definition) is 2. The summed E-state index contributed by atoms with van der Waals surface area (Å²) in [6.45, 7) is 10.3. The van der Waals surface area contributed by atoms with E-state index >= 15 is 0 Å². The van der Waals surface area contributed by atoms with Crippen LogP contribution in [-0.2, 0) is 9.59 Å². The predicted octanol–water partition coefficient (Wildman–Crippen LogP) is 2.25. The molecule has 1 fully saturated rings. The van der Waals surface area contributed by atoms with Crippen LogP contribution in [0.15, 0.2) is 0 Å². The molecule has 1 saturated heterocycles. The quantitative estimate of drug-likeness (QED) is 0.721. The van der Waals surface area contributed by atoms with Crippen molar-refractivity contribution in [2.75, 3.05) is 6.54 Å². The third kappa shape index (κ3) is 3.65. The summed E-state index contributed by atoms with van der Waals surface area (Å²) < 4.78 is 0. The summed E-state index contributed by atoms with van der Waals surface area (Å²) in [6.07, 6.45) is 1.51. The molecule has 0 bridgehead atoms. The number of amides is 1. The van der Waals surface area contributed by atoms with E-state index in [1.54, 1.807) is 11.8 Å². The van der Waals surface area contributed by atoms with Crippen LogP contribution in [0.1, 0.15) is 47.5 Å². The van der Waals surface area contributed by atoms with Gasteiger partial charge < -0.3 is 4.90 Å². The van der Waals surface area contributed by atoms with Crippen molar-refractivity contribution in [3.05, 3.63) is 0 Å². The van der Waals surface area contributed by atoms with Crippen LogP contribution >= 0.6 is 0 Å². The van der Waals surface area contributed by atoms with Gasteiger partial charge in [-0.2, -0.15) is 0 Å². The number of Topliss-reactive ketones (excluding diaryl/α,β-unsaturated/α-hetero) is 1. The number of nitrogens with zero attached hydrogens (tertiary/aromatic N) is 1. The first-order valence-corrected chi connectivity index (χ1v) is 5.84. The molecule has 15 heavy (non-hydrogen) atoms. The molecule has 0 N–H and O–H groups in total. The fraction of sp³-hybridized carbons (Fsp3) is 0.833. The van der Waals surface area contributed by atoms with Crippen LogP contribution in [0.3, 0.4) is 0 Å². The Morgan fingerprint density at radius 1 is 1.33 bits per heavy atom. The maximum Gasteiger partial charge on any atom is 0.223 e. The Bertz CT molecular complexity index is 224. The second kappa shape index (κ2) is 6.59. The first-order chi connectivity index (χ1) is 7.04. The average molecular weight is 213 g/mol. The van der Waals surface area contributed by atoms with E-state index < -0.39 is 0 Å². The van der Waals surface area contributed by atoms with E-state index in [0.717, 1.165) is 13.0 Å². The highest BCUT2D eigenvalue weighted by atomic mass is 16.2. The van der Waals surface area contributed by atoms with Crippen molar-refractivity contribution in [3.8, 4) is 0 Å². The number of carbonyl (C=O) groups excluding carboxylic acids is 2. The minimum atomic E-state index is -0.199. The van der Waals surface area contributed by atoms with E-state index in [-0.39, 0.29) is 23.7 Å². The second-order valence-corrected chi connectivity index (χ2v) is 3.99. The molecule has 0 aliphatic carbocycles. The summed E-state index contributed by atoms with van der Waals surface area (Å²) in [7, 11) is 0. The third-order valence-electron chi connectivity index (χ3n) is 2.49. The molecule has 3 heteroatoms. The number of rotatable bonds is 3. The maximum absolute atomic E-state index is 11.4. The van der Waals surface area contributed by atoms with Crippen molar-refractivity contribution in [1.82, 2.24) is 4.90 Å². The normalized spacial score (nSPS) is 17.5. The zero-order valence-corrected chi connectivity index (χ0v) is 10.5. The summed E-state index contributed by atoms with van der Waals surface area (Å²) in [6, 6.07) is -0.199. The van der Waals surface area contributed by atoms with Gasteiger partial charge in [-0.3, -0.25) is 9.59 Å². The molecule has 0 saturated carbocycles. The van der Waals surface area contributed by atoms with Crippen LogP contribution in [0, 0.1) is 5.92 Å². The van der Waals surface area contributed by atoms with Crippen molar-refractivity contribution >= 4 is 11.7 Å². The minimum absolute atomic E-state index is 0.102. The molecular weight excluding hydrogens is 190 g/mol. The third-order valence-corrected chi connectivity index (χ3v) is 2.49. The molecule has 0 aromatic rings.